The highest BCUT2D eigenvalue weighted by Gasteiger charge is 2.37. The largest absolute Gasteiger partial charge is 0.493 e. The van der Waals surface area contributed by atoms with E-state index < -0.39 is 23.7 Å². The third-order valence-electron chi connectivity index (χ3n) is 5.99. The van der Waals surface area contributed by atoms with Crippen LogP contribution in [0.1, 0.15) is 47.8 Å². The van der Waals surface area contributed by atoms with Crippen molar-refractivity contribution < 1.29 is 23.5 Å². The van der Waals surface area contributed by atoms with E-state index in [2.05, 4.69) is 15.5 Å². The Bertz CT molecular complexity index is 1150. The smallest absolute Gasteiger partial charge is 0.277 e. The van der Waals surface area contributed by atoms with E-state index in [-0.39, 0.29) is 17.4 Å². The number of H-pyrrole nitrogens is 1. The summed E-state index contributed by atoms with van der Waals surface area (Å²) in [6, 6.07) is 11.1. The number of nitrogens with one attached hydrogen (secondary N) is 2. The number of rotatable bonds is 8. The molecular weight excluding hydrogens is 439 g/mol. The summed E-state index contributed by atoms with van der Waals surface area (Å²) in [6.45, 7) is 0. The van der Waals surface area contributed by atoms with E-state index in [0.717, 1.165) is 30.6 Å². The fraction of sp³-hybridized carbons (Fsp3) is 0.320. The molecule has 9 heteroatoms. The molecule has 1 aliphatic rings. The van der Waals surface area contributed by atoms with E-state index in [0.29, 0.717) is 17.1 Å². The van der Waals surface area contributed by atoms with Crippen LogP contribution >= 0.6 is 0 Å². The lowest BCUT2D eigenvalue weighted by atomic mass is 10.0. The SMILES string of the molecule is COc1ccc([C@H](C(=O)NC2CCCC2)N(C(=O)c2ccn[nH]2)c2ccccc2F)cc1OC. The van der Waals surface area contributed by atoms with Crippen molar-refractivity contribution in [1.29, 1.82) is 0 Å². The molecule has 0 bridgehead atoms. The highest BCUT2D eigenvalue weighted by molar-refractivity contribution is 6.09. The number of aromatic amines is 1. The molecule has 1 aromatic heterocycles. The topological polar surface area (TPSA) is 96.5 Å². The van der Waals surface area contributed by atoms with E-state index in [4.69, 9.17) is 9.47 Å². The molecule has 8 nitrogen and oxygen atoms in total. The van der Waals surface area contributed by atoms with Gasteiger partial charge in [0.15, 0.2) is 11.5 Å². The normalized spacial score (nSPS) is 14.4. The van der Waals surface area contributed by atoms with Gasteiger partial charge in [0.2, 0.25) is 5.91 Å². The summed E-state index contributed by atoms with van der Waals surface area (Å²) in [5.41, 5.74) is 0.551. The van der Waals surface area contributed by atoms with Crippen molar-refractivity contribution in [2.45, 2.75) is 37.8 Å². The maximum Gasteiger partial charge on any atom is 0.277 e. The Balaban J connectivity index is 1.86. The Morgan fingerprint density at radius 3 is 2.47 bits per heavy atom. The number of para-hydroxylation sites is 1. The van der Waals surface area contributed by atoms with Crippen LogP contribution in [0.25, 0.3) is 0 Å². The molecule has 1 fully saturated rings. The number of carbonyl (C=O) groups excluding carboxylic acids is 2. The third-order valence-corrected chi connectivity index (χ3v) is 5.99. The van der Waals surface area contributed by atoms with Crippen LogP contribution in [0.5, 0.6) is 11.5 Å². The zero-order valence-electron chi connectivity index (χ0n) is 19.1. The van der Waals surface area contributed by atoms with Crippen molar-refractivity contribution in [3.63, 3.8) is 0 Å². The number of carbonyl (C=O) groups is 2. The zero-order chi connectivity index (χ0) is 24.1. The van der Waals surface area contributed by atoms with Crippen LogP contribution in [0.2, 0.25) is 0 Å². The first-order valence-electron chi connectivity index (χ1n) is 11.1. The first-order chi connectivity index (χ1) is 16.5. The minimum atomic E-state index is -1.17. The van der Waals surface area contributed by atoms with Gasteiger partial charge in [0.05, 0.1) is 19.9 Å². The van der Waals surface area contributed by atoms with Gasteiger partial charge >= 0.3 is 0 Å². The molecule has 2 aromatic carbocycles. The molecule has 3 aromatic rings. The summed E-state index contributed by atoms with van der Waals surface area (Å²) in [6.07, 6.45) is 5.19. The van der Waals surface area contributed by atoms with Crippen LogP contribution in [-0.2, 0) is 4.79 Å². The van der Waals surface area contributed by atoms with Crippen LogP contribution in [0.15, 0.2) is 54.7 Å². The summed E-state index contributed by atoms with van der Waals surface area (Å²) in [4.78, 5) is 28.5. The Kier molecular flexibility index (Phi) is 7.10. The van der Waals surface area contributed by atoms with Gasteiger partial charge in [0.25, 0.3) is 5.91 Å². The average molecular weight is 467 g/mol. The number of nitrogens with zero attached hydrogens (tertiary/aromatic N) is 2. The number of benzene rings is 2. The van der Waals surface area contributed by atoms with E-state index >= 15 is 4.39 Å². The quantitative estimate of drug-likeness (QED) is 0.523. The van der Waals surface area contributed by atoms with Crippen molar-refractivity contribution in [3.8, 4) is 11.5 Å². The molecule has 178 valence electrons. The van der Waals surface area contributed by atoms with Crippen molar-refractivity contribution in [1.82, 2.24) is 15.5 Å². The van der Waals surface area contributed by atoms with E-state index in [1.807, 2.05) is 0 Å². The summed E-state index contributed by atoms with van der Waals surface area (Å²) in [5, 5.41) is 9.53. The maximum atomic E-state index is 15.1. The second-order valence-corrected chi connectivity index (χ2v) is 8.10. The molecule has 34 heavy (non-hydrogen) atoms. The summed E-state index contributed by atoms with van der Waals surface area (Å²) in [7, 11) is 2.99. The minimum absolute atomic E-state index is 0.000120. The molecule has 1 heterocycles. The van der Waals surface area contributed by atoms with E-state index in [1.54, 1.807) is 24.3 Å². The van der Waals surface area contributed by atoms with Gasteiger partial charge in [-0.05, 0) is 48.7 Å². The Morgan fingerprint density at radius 1 is 1.09 bits per heavy atom. The highest BCUT2D eigenvalue weighted by atomic mass is 19.1. The van der Waals surface area contributed by atoms with Crippen molar-refractivity contribution in [2.75, 3.05) is 19.1 Å². The Hall–Kier alpha value is -3.88. The summed E-state index contributed by atoms with van der Waals surface area (Å²) < 4.78 is 25.8. The first kappa shape index (κ1) is 23.3. The fourth-order valence-corrected chi connectivity index (χ4v) is 4.31. The van der Waals surface area contributed by atoms with Crippen LogP contribution in [0, 0.1) is 5.82 Å². The van der Waals surface area contributed by atoms with Crippen molar-refractivity contribution >= 4 is 17.5 Å². The van der Waals surface area contributed by atoms with Gasteiger partial charge < -0.3 is 14.8 Å². The molecule has 1 aliphatic carbocycles. The van der Waals surface area contributed by atoms with Gasteiger partial charge in [-0.15, -0.1) is 0 Å². The molecule has 4 rings (SSSR count). The maximum absolute atomic E-state index is 15.1. The molecule has 2 amide bonds. The number of anilines is 1. The van der Waals surface area contributed by atoms with Gasteiger partial charge in [-0.1, -0.05) is 31.0 Å². The Labute approximate surface area is 197 Å². The molecule has 1 saturated carbocycles. The summed E-state index contributed by atoms with van der Waals surface area (Å²) in [5.74, 6) is -0.770. The number of aromatic nitrogens is 2. The van der Waals surface area contributed by atoms with Gasteiger partial charge in [0.1, 0.15) is 17.6 Å². The zero-order valence-corrected chi connectivity index (χ0v) is 19.1. The standard InChI is InChI=1S/C25H27FN4O4/c1-33-21-12-11-16(15-22(21)34-2)23(24(31)28-17-7-3-4-8-17)30(20-10-6-5-9-18(20)26)25(32)19-13-14-27-29-19/h5-6,9-15,17,23H,3-4,7-8H2,1-2H3,(H,27,29)(H,28,31)/t23-/m1/s1. The fourth-order valence-electron chi connectivity index (χ4n) is 4.31. The molecule has 1 atom stereocenters. The lowest BCUT2D eigenvalue weighted by Crippen LogP contribution is -2.46. The second-order valence-electron chi connectivity index (χ2n) is 8.10. The average Bonchev–Trinajstić information content (AvgIpc) is 3.57. The van der Waals surface area contributed by atoms with Gasteiger partial charge in [-0.2, -0.15) is 5.10 Å². The van der Waals surface area contributed by atoms with E-state index in [9.17, 15) is 9.59 Å². The Morgan fingerprint density at radius 2 is 1.82 bits per heavy atom. The number of hydrogen-bond acceptors (Lipinski definition) is 5. The van der Waals surface area contributed by atoms with Gasteiger partial charge in [-0.25, -0.2) is 4.39 Å². The lowest BCUT2D eigenvalue weighted by Gasteiger charge is -2.32. The molecule has 2 N–H and O–H groups in total. The van der Waals surface area contributed by atoms with Crippen LogP contribution in [0.3, 0.4) is 0 Å². The number of halogens is 1. The molecule has 0 spiro atoms. The monoisotopic (exact) mass is 466 g/mol. The predicted octanol–water partition coefficient (Wildman–Crippen LogP) is 4.01. The minimum Gasteiger partial charge on any atom is -0.493 e. The molecule has 0 radical (unpaired) electrons. The molecule has 0 saturated heterocycles. The van der Waals surface area contributed by atoms with Crippen LogP contribution in [0.4, 0.5) is 10.1 Å². The van der Waals surface area contributed by atoms with Crippen molar-refractivity contribution in [2.24, 2.45) is 0 Å². The predicted molar refractivity (Wildman–Crippen MR) is 124 cm³/mol. The first-order valence-corrected chi connectivity index (χ1v) is 11.1. The number of hydrogen-bond donors (Lipinski definition) is 2. The molecule has 0 unspecified atom stereocenters. The second kappa shape index (κ2) is 10.4. The highest BCUT2D eigenvalue weighted by Crippen LogP contribution is 2.36. The lowest BCUT2D eigenvalue weighted by molar-refractivity contribution is -0.123. The van der Waals surface area contributed by atoms with Gasteiger partial charge in [-0.3, -0.25) is 19.6 Å². The number of methoxy groups -OCH3 is 2. The molecular formula is C25H27FN4O4. The summed E-state index contributed by atoms with van der Waals surface area (Å²) >= 11 is 0. The van der Waals surface area contributed by atoms with Crippen molar-refractivity contribution in [3.05, 3.63) is 71.8 Å². The number of ether oxygens (including phenoxy) is 2. The third kappa shape index (κ3) is 4.73. The van der Waals surface area contributed by atoms with E-state index in [1.165, 1.54) is 44.7 Å². The molecule has 0 aliphatic heterocycles. The number of amides is 2. The van der Waals surface area contributed by atoms with Crippen LogP contribution < -0.4 is 19.7 Å². The van der Waals surface area contributed by atoms with Crippen LogP contribution in [-0.4, -0.2) is 42.3 Å². The van der Waals surface area contributed by atoms with Gasteiger partial charge in [0, 0.05) is 12.2 Å².